The first-order chi connectivity index (χ1) is 13.9. The second-order valence-electron chi connectivity index (χ2n) is 6.05. The summed E-state index contributed by atoms with van der Waals surface area (Å²) in [5.74, 6) is -3.79. The minimum absolute atomic E-state index is 0.103. The predicted molar refractivity (Wildman–Crippen MR) is 101 cm³/mol. The van der Waals surface area contributed by atoms with Gasteiger partial charge in [-0.15, -0.1) is 10.2 Å². The van der Waals surface area contributed by atoms with Gasteiger partial charge in [0.2, 0.25) is 0 Å². The second kappa shape index (κ2) is 9.00. The molecule has 0 aliphatic heterocycles. The minimum atomic E-state index is -1.68. The van der Waals surface area contributed by atoms with E-state index in [2.05, 4.69) is 31.1 Å². The predicted octanol–water partition coefficient (Wildman–Crippen LogP) is 3.18. The smallest absolute Gasteiger partial charge is 0.254 e. The van der Waals surface area contributed by atoms with Gasteiger partial charge in [-0.3, -0.25) is 4.79 Å². The maximum absolute atomic E-state index is 13.6. The summed E-state index contributed by atoms with van der Waals surface area (Å²) in [4.78, 5) is 16.0. The maximum atomic E-state index is 13.6. The number of benzene rings is 1. The first-order valence-corrected chi connectivity index (χ1v) is 8.63. The van der Waals surface area contributed by atoms with E-state index in [4.69, 9.17) is 0 Å². The summed E-state index contributed by atoms with van der Waals surface area (Å²) >= 11 is 0. The van der Waals surface area contributed by atoms with Crippen molar-refractivity contribution in [3.63, 3.8) is 0 Å². The van der Waals surface area contributed by atoms with Crippen LogP contribution in [0.2, 0.25) is 0 Å². The lowest BCUT2D eigenvalue weighted by atomic mass is 10.2. The summed E-state index contributed by atoms with van der Waals surface area (Å²) in [6, 6.07) is 8.71. The van der Waals surface area contributed by atoms with Gasteiger partial charge in [0.25, 0.3) is 5.91 Å². The SMILES string of the molecule is Cc1ccnc(Nc2ccc(NCCNC(=O)c3ccc(F)c(F)c3F)nn2)c1. The fraction of sp³-hybridized carbons (Fsp3) is 0.158. The Bertz CT molecular complexity index is 1010. The molecule has 1 amide bonds. The number of halogens is 3. The van der Waals surface area contributed by atoms with E-state index in [9.17, 15) is 18.0 Å². The highest BCUT2D eigenvalue weighted by atomic mass is 19.2. The highest BCUT2D eigenvalue weighted by molar-refractivity contribution is 5.94. The van der Waals surface area contributed by atoms with Gasteiger partial charge in [-0.05, 0) is 48.9 Å². The molecule has 0 spiro atoms. The zero-order valence-electron chi connectivity index (χ0n) is 15.3. The molecule has 3 rings (SSSR count). The number of carbonyl (C=O) groups excluding carboxylic acids is 1. The van der Waals surface area contributed by atoms with Crippen molar-refractivity contribution < 1.29 is 18.0 Å². The zero-order chi connectivity index (χ0) is 20.8. The molecule has 3 aromatic rings. The number of carbonyl (C=O) groups is 1. The Morgan fingerprint density at radius 2 is 1.69 bits per heavy atom. The molecular formula is C19H17F3N6O. The molecule has 0 fully saturated rings. The molecule has 10 heteroatoms. The lowest BCUT2D eigenvalue weighted by Crippen LogP contribution is -2.29. The number of pyridine rings is 1. The fourth-order valence-corrected chi connectivity index (χ4v) is 2.39. The van der Waals surface area contributed by atoms with E-state index in [0.717, 1.165) is 11.6 Å². The van der Waals surface area contributed by atoms with Gasteiger partial charge in [-0.25, -0.2) is 18.2 Å². The molecule has 0 unspecified atom stereocenters. The Balaban J connectivity index is 1.47. The summed E-state index contributed by atoms with van der Waals surface area (Å²) in [7, 11) is 0. The van der Waals surface area contributed by atoms with Crippen LogP contribution < -0.4 is 16.0 Å². The van der Waals surface area contributed by atoms with Crippen LogP contribution in [-0.4, -0.2) is 34.2 Å². The zero-order valence-corrected chi connectivity index (χ0v) is 15.3. The molecule has 0 saturated heterocycles. The molecule has 0 aliphatic rings. The van der Waals surface area contributed by atoms with Gasteiger partial charge in [-0.1, -0.05) is 0 Å². The van der Waals surface area contributed by atoms with E-state index in [1.54, 1.807) is 18.3 Å². The van der Waals surface area contributed by atoms with Crippen molar-refractivity contribution in [1.29, 1.82) is 0 Å². The average molecular weight is 402 g/mol. The normalized spacial score (nSPS) is 10.5. The van der Waals surface area contributed by atoms with Crippen molar-refractivity contribution in [2.75, 3.05) is 23.7 Å². The van der Waals surface area contributed by atoms with E-state index in [-0.39, 0.29) is 13.1 Å². The van der Waals surface area contributed by atoms with Crippen molar-refractivity contribution in [2.24, 2.45) is 0 Å². The fourth-order valence-electron chi connectivity index (χ4n) is 2.39. The number of anilines is 3. The van der Waals surface area contributed by atoms with Crippen molar-refractivity contribution in [3.05, 3.63) is 71.2 Å². The van der Waals surface area contributed by atoms with Crippen molar-refractivity contribution >= 4 is 23.4 Å². The summed E-state index contributed by atoms with van der Waals surface area (Å²) in [5, 5.41) is 16.4. The number of rotatable bonds is 7. The monoisotopic (exact) mass is 402 g/mol. The van der Waals surface area contributed by atoms with Crippen LogP contribution in [0, 0.1) is 24.4 Å². The maximum Gasteiger partial charge on any atom is 0.254 e. The van der Waals surface area contributed by atoms with E-state index in [1.807, 2.05) is 19.1 Å². The molecule has 1 aromatic carbocycles. The van der Waals surface area contributed by atoms with E-state index in [0.29, 0.717) is 23.5 Å². The Morgan fingerprint density at radius 3 is 2.41 bits per heavy atom. The Labute approximate surface area is 164 Å². The number of aryl methyl sites for hydroxylation is 1. The van der Waals surface area contributed by atoms with Gasteiger partial charge in [-0.2, -0.15) is 0 Å². The first kappa shape index (κ1) is 20.1. The second-order valence-corrected chi connectivity index (χ2v) is 6.05. The number of hydrogen-bond donors (Lipinski definition) is 3. The Kier molecular flexibility index (Phi) is 6.22. The van der Waals surface area contributed by atoms with Crippen LogP contribution in [0.15, 0.2) is 42.6 Å². The van der Waals surface area contributed by atoms with E-state index in [1.165, 1.54) is 0 Å². The van der Waals surface area contributed by atoms with Crippen LogP contribution >= 0.6 is 0 Å². The molecule has 0 aliphatic carbocycles. The van der Waals surface area contributed by atoms with E-state index >= 15 is 0 Å². The van der Waals surface area contributed by atoms with Crippen LogP contribution in [0.1, 0.15) is 15.9 Å². The van der Waals surface area contributed by atoms with Gasteiger partial charge < -0.3 is 16.0 Å². The molecule has 0 saturated carbocycles. The molecule has 0 atom stereocenters. The molecule has 7 nitrogen and oxygen atoms in total. The van der Waals surface area contributed by atoms with Gasteiger partial charge >= 0.3 is 0 Å². The van der Waals surface area contributed by atoms with Gasteiger partial charge in [0, 0.05) is 19.3 Å². The average Bonchev–Trinajstić information content (AvgIpc) is 2.70. The van der Waals surface area contributed by atoms with Crippen molar-refractivity contribution in [3.8, 4) is 0 Å². The highest BCUT2D eigenvalue weighted by Gasteiger charge is 2.18. The standard InChI is InChI=1S/C19H17F3N6O/c1-11-6-7-23-16(10-11)26-15-5-4-14(27-28-15)24-8-9-25-19(29)12-2-3-13(20)18(22)17(12)21/h2-7,10H,8-9H2,1H3,(H,24,27)(H,25,29)(H,23,26,28). The number of amides is 1. The lowest BCUT2D eigenvalue weighted by molar-refractivity contribution is 0.0950. The summed E-state index contributed by atoms with van der Waals surface area (Å²) < 4.78 is 39.7. The van der Waals surface area contributed by atoms with Gasteiger partial charge in [0.1, 0.15) is 11.6 Å². The van der Waals surface area contributed by atoms with Crippen molar-refractivity contribution in [1.82, 2.24) is 20.5 Å². The van der Waals surface area contributed by atoms with Crippen LogP contribution in [0.25, 0.3) is 0 Å². The molecule has 0 radical (unpaired) electrons. The van der Waals surface area contributed by atoms with Crippen LogP contribution in [-0.2, 0) is 0 Å². The molecule has 2 aromatic heterocycles. The molecule has 150 valence electrons. The third-order valence-electron chi connectivity index (χ3n) is 3.83. The molecule has 0 bridgehead atoms. The third-order valence-corrected chi connectivity index (χ3v) is 3.83. The minimum Gasteiger partial charge on any atom is -0.367 e. The van der Waals surface area contributed by atoms with Crippen molar-refractivity contribution in [2.45, 2.75) is 6.92 Å². The molecule has 3 N–H and O–H groups in total. The lowest BCUT2D eigenvalue weighted by Gasteiger charge is -2.09. The quantitative estimate of drug-likeness (QED) is 0.415. The highest BCUT2D eigenvalue weighted by Crippen LogP contribution is 2.15. The third kappa shape index (κ3) is 5.18. The Morgan fingerprint density at radius 1 is 0.931 bits per heavy atom. The summed E-state index contributed by atoms with van der Waals surface area (Å²) in [5.41, 5.74) is 0.489. The number of aromatic nitrogens is 3. The first-order valence-electron chi connectivity index (χ1n) is 8.63. The van der Waals surface area contributed by atoms with Crippen LogP contribution in [0.4, 0.5) is 30.6 Å². The van der Waals surface area contributed by atoms with Gasteiger partial charge in [0.15, 0.2) is 23.3 Å². The number of nitrogens with zero attached hydrogens (tertiary/aromatic N) is 3. The Hall–Kier alpha value is -3.69. The largest absolute Gasteiger partial charge is 0.367 e. The molecule has 29 heavy (non-hydrogen) atoms. The van der Waals surface area contributed by atoms with Crippen LogP contribution in [0.3, 0.4) is 0 Å². The summed E-state index contributed by atoms with van der Waals surface area (Å²) in [6.45, 7) is 2.31. The topological polar surface area (TPSA) is 91.8 Å². The van der Waals surface area contributed by atoms with E-state index < -0.39 is 28.9 Å². The number of nitrogens with one attached hydrogen (secondary N) is 3. The van der Waals surface area contributed by atoms with Gasteiger partial charge in [0.05, 0.1) is 5.56 Å². The van der Waals surface area contributed by atoms with Crippen LogP contribution in [0.5, 0.6) is 0 Å². The number of hydrogen-bond acceptors (Lipinski definition) is 6. The molecule has 2 heterocycles. The molecular weight excluding hydrogens is 385 g/mol. The summed E-state index contributed by atoms with van der Waals surface area (Å²) in [6.07, 6.45) is 1.68.